The first-order valence-electron chi connectivity index (χ1n) is 4.27. The molecule has 0 fully saturated rings. The molecule has 0 saturated carbocycles. The molecule has 76 valence electrons. The maximum Gasteiger partial charge on any atom is 0.358 e. The number of methoxy groups -OCH3 is 1. The van der Waals surface area contributed by atoms with Crippen molar-refractivity contribution < 1.29 is 9.53 Å². The van der Waals surface area contributed by atoms with Crippen LogP contribution in [0.15, 0.2) is 6.20 Å². The van der Waals surface area contributed by atoms with Crippen molar-refractivity contribution in [2.45, 2.75) is 19.8 Å². The molecule has 1 aromatic heterocycles. The van der Waals surface area contributed by atoms with Crippen molar-refractivity contribution in [1.29, 1.82) is 0 Å². The van der Waals surface area contributed by atoms with Crippen molar-refractivity contribution in [2.24, 2.45) is 0 Å². The van der Waals surface area contributed by atoms with Gasteiger partial charge in [0.05, 0.1) is 19.0 Å². The third-order valence-corrected chi connectivity index (χ3v) is 1.77. The molecule has 2 N–H and O–H groups in total. The van der Waals surface area contributed by atoms with Crippen molar-refractivity contribution in [2.75, 3.05) is 12.8 Å². The first-order valence-corrected chi connectivity index (χ1v) is 4.27. The molecule has 5 heteroatoms. The molecule has 0 unspecified atom stereocenters. The van der Waals surface area contributed by atoms with Gasteiger partial charge in [0.25, 0.3) is 0 Å². The number of carbonyl (C=O) groups is 1. The van der Waals surface area contributed by atoms with Crippen LogP contribution in [0.1, 0.15) is 35.9 Å². The van der Waals surface area contributed by atoms with E-state index in [-0.39, 0.29) is 11.6 Å². The van der Waals surface area contributed by atoms with Gasteiger partial charge in [-0.05, 0) is 5.92 Å². The first kappa shape index (κ1) is 10.4. The Morgan fingerprint density at radius 3 is 2.71 bits per heavy atom. The van der Waals surface area contributed by atoms with Gasteiger partial charge in [0, 0.05) is 0 Å². The summed E-state index contributed by atoms with van der Waals surface area (Å²) in [6.07, 6.45) is 1.31. The lowest BCUT2D eigenvalue weighted by molar-refractivity contribution is 0.0593. The third-order valence-electron chi connectivity index (χ3n) is 1.77. The molecule has 14 heavy (non-hydrogen) atoms. The van der Waals surface area contributed by atoms with Crippen LogP contribution in [0.3, 0.4) is 0 Å². The highest BCUT2D eigenvalue weighted by Gasteiger charge is 2.13. The van der Waals surface area contributed by atoms with Gasteiger partial charge in [0.2, 0.25) is 0 Å². The number of anilines is 1. The fraction of sp³-hybridized carbons (Fsp3) is 0.444. The van der Waals surface area contributed by atoms with Gasteiger partial charge in [-0.2, -0.15) is 0 Å². The average molecular weight is 195 g/mol. The summed E-state index contributed by atoms with van der Waals surface area (Å²) in [6.45, 7) is 3.86. The highest BCUT2D eigenvalue weighted by atomic mass is 16.5. The summed E-state index contributed by atoms with van der Waals surface area (Å²) >= 11 is 0. The third kappa shape index (κ3) is 1.99. The zero-order chi connectivity index (χ0) is 10.7. The number of aromatic nitrogens is 2. The predicted octanol–water partition coefficient (Wildman–Crippen LogP) is 0.969. The Morgan fingerprint density at radius 2 is 2.21 bits per heavy atom. The van der Waals surface area contributed by atoms with Gasteiger partial charge < -0.3 is 10.5 Å². The van der Waals surface area contributed by atoms with Crippen molar-refractivity contribution in [3.63, 3.8) is 0 Å². The quantitative estimate of drug-likeness (QED) is 0.711. The number of nitrogens with zero attached hydrogens (tertiary/aromatic N) is 2. The average Bonchev–Trinajstić information content (AvgIpc) is 2.17. The molecule has 0 saturated heterocycles. The maximum atomic E-state index is 11.1. The fourth-order valence-electron chi connectivity index (χ4n) is 1.04. The summed E-state index contributed by atoms with van der Waals surface area (Å²) in [7, 11) is 1.30. The normalized spacial score (nSPS) is 10.3. The second kappa shape index (κ2) is 4.04. The molecule has 0 radical (unpaired) electrons. The Balaban J connectivity index is 3.13. The second-order valence-electron chi connectivity index (χ2n) is 3.17. The Morgan fingerprint density at radius 1 is 1.57 bits per heavy atom. The number of carbonyl (C=O) groups excluding carboxylic acids is 1. The van der Waals surface area contributed by atoms with Gasteiger partial charge >= 0.3 is 5.97 Å². The van der Waals surface area contributed by atoms with E-state index in [4.69, 9.17) is 5.73 Å². The van der Waals surface area contributed by atoms with Crippen LogP contribution in [0.4, 0.5) is 5.82 Å². The Bertz CT molecular complexity index is 350. The summed E-state index contributed by atoms with van der Waals surface area (Å²) in [5.41, 5.74) is 6.41. The molecule has 0 spiro atoms. The van der Waals surface area contributed by atoms with Crippen LogP contribution in [0, 0.1) is 0 Å². The van der Waals surface area contributed by atoms with E-state index in [1.165, 1.54) is 13.3 Å². The van der Waals surface area contributed by atoms with Gasteiger partial charge in [-0.15, -0.1) is 0 Å². The highest BCUT2D eigenvalue weighted by Crippen LogP contribution is 2.17. The van der Waals surface area contributed by atoms with Gasteiger partial charge in [-0.25, -0.2) is 14.8 Å². The minimum absolute atomic E-state index is 0.132. The van der Waals surface area contributed by atoms with Crippen LogP contribution in [0.5, 0.6) is 0 Å². The van der Waals surface area contributed by atoms with E-state index in [0.717, 1.165) is 0 Å². The SMILES string of the molecule is COC(=O)c1cnc(N)c(C(C)C)n1. The number of nitrogens with two attached hydrogens (primary N) is 1. The van der Waals surface area contributed by atoms with Gasteiger partial charge in [-0.3, -0.25) is 0 Å². The molecular formula is C9H13N3O2. The number of ether oxygens (including phenoxy) is 1. The minimum Gasteiger partial charge on any atom is -0.464 e. The lowest BCUT2D eigenvalue weighted by Gasteiger charge is -2.08. The van der Waals surface area contributed by atoms with E-state index >= 15 is 0 Å². The highest BCUT2D eigenvalue weighted by molar-refractivity contribution is 5.86. The topological polar surface area (TPSA) is 78.1 Å². The van der Waals surface area contributed by atoms with E-state index in [9.17, 15) is 4.79 Å². The largest absolute Gasteiger partial charge is 0.464 e. The van der Waals surface area contributed by atoms with Crippen LogP contribution >= 0.6 is 0 Å². The maximum absolute atomic E-state index is 11.1. The van der Waals surface area contributed by atoms with Crippen molar-refractivity contribution in [3.05, 3.63) is 17.6 Å². The van der Waals surface area contributed by atoms with E-state index in [1.807, 2.05) is 13.8 Å². The molecule has 0 aliphatic rings. The van der Waals surface area contributed by atoms with Crippen molar-refractivity contribution >= 4 is 11.8 Å². The minimum atomic E-state index is -0.501. The zero-order valence-electron chi connectivity index (χ0n) is 8.44. The molecule has 5 nitrogen and oxygen atoms in total. The zero-order valence-corrected chi connectivity index (χ0v) is 8.44. The monoisotopic (exact) mass is 195 g/mol. The molecule has 0 atom stereocenters. The summed E-state index contributed by atoms with van der Waals surface area (Å²) in [6, 6.07) is 0. The van der Waals surface area contributed by atoms with Gasteiger partial charge in [0.15, 0.2) is 5.69 Å². The second-order valence-corrected chi connectivity index (χ2v) is 3.17. The first-order chi connectivity index (χ1) is 6.56. The molecular weight excluding hydrogens is 182 g/mol. The number of esters is 1. The summed E-state index contributed by atoms with van der Waals surface area (Å²) in [4.78, 5) is 19.1. The summed E-state index contributed by atoms with van der Waals surface area (Å²) in [5, 5.41) is 0. The van der Waals surface area contributed by atoms with Crippen molar-refractivity contribution in [3.8, 4) is 0 Å². The van der Waals surface area contributed by atoms with Crippen LogP contribution in [-0.2, 0) is 4.74 Å². The summed E-state index contributed by atoms with van der Waals surface area (Å²) in [5.74, 6) is -0.0147. The lowest BCUT2D eigenvalue weighted by atomic mass is 10.1. The van der Waals surface area contributed by atoms with Crippen molar-refractivity contribution in [1.82, 2.24) is 9.97 Å². The van der Waals surface area contributed by atoms with E-state index < -0.39 is 5.97 Å². The van der Waals surface area contributed by atoms with E-state index in [0.29, 0.717) is 11.5 Å². The molecule has 1 aromatic rings. The molecule has 0 aromatic carbocycles. The number of hydrogen-bond donors (Lipinski definition) is 1. The standard InChI is InChI=1S/C9H13N3O2/c1-5(2)7-8(10)11-4-6(12-7)9(13)14-3/h4-5H,1-3H3,(H2,10,11). The molecule has 0 aliphatic carbocycles. The van der Waals surface area contributed by atoms with Crippen LogP contribution < -0.4 is 5.73 Å². The lowest BCUT2D eigenvalue weighted by Crippen LogP contribution is -2.10. The fourth-order valence-corrected chi connectivity index (χ4v) is 1.04. The molecule has 0 amide bonds. The smallest absolute Gasteiger partial charge is 0.358 e. The molecule has 1 heterocycles. The van der Waals surface area contributed by atoms with Crippen LogP contribution in [0.2, 0.25) is 0 Å². The predicted molar refractivity (Wildman–Crippen MR) is 51.9 cm³/mol. The molecule has 1 rings (SSSR count). The molecule has 0 bridgehead atoms. The summed E-state index contributed by atoms with van der Waals surface area (Å²) < 4.78 is 4.53. The Labute approximate surface area is 82.3 Å². The van der Waals surface area contributed by atoms with Gasteiger partial charge in [0.1, 0.15) is 5.82 Å². The number of nitrogen functional groups attached to an aromatic ring is 1. The Kier molecular flexibility index (Phi) is 3.01. The van der Waals surface area contributed by atoms with E-state index in [2.05, 4.69) is 14.7 Å². The molecule has 0 aliphatic heterocycles. The number of hydrogen-bond acceptors (Lipinski definition) is 5. The van der Waals surface area contributed by atoms with E-state index in [1.54, 1.807) is 0 Å². The van der Waals surface area contributed by atoms with Crippen LogP contribution in [-0.4, -0.2) is 23.0 Å². The van der Waals surface area contributed by atoms with Gasteiger partial charge in [-0.1, -0.05) is 13.8 Å². The number of rotatable bonds is 2. The Hall–Kier alpha value is -1.65. The van der Waals surface area contributed by atoms with Crippen LogP contribution in [0.25, 0.3) is 0 Å².